The first kappa shape index (κ1) is 23.4. The predicted octanol–water partition coefficient (Wildman–Crippen LogP) is 2.17. The van der Waals surface area contributed by atoms with Gasteiger partial charge in [-0.25, -0.2) is 9.67 Å². The summed E-state index contributed by atoms with van der Waals surface area (Å²) >= 11 is 0. The monoisotopic (exact) mass is 475 g/mol. The van der Waals surface area contributed by atoms with E-state index in [2.05, 4.69) is 15.1 Å². The summed E-state index contributed by atoms with van der Waals surface area (Å²) in [6, 6.07) is 7.65. The molecule has 1 fully saturated rings. The molecule has 0 amide bonds. The molecular formula is C21H20F3N7O3. The smallest absolute Gasteiger partial charge is 0.437 e. The Labute approximate surface area is 192 Å². The van der Waals surface area contributed by atoms with Crippen LogP contribution in [0.25, 0.3) is 5.69 Å². The summed E-state index contributed by atoms with van der Waals surface area (Å²) in [4.78, 5) is 8.85. The van der Waals surface area contributed by atoms with Crippen LogP contribution in [-0.4, -0.2) is 57.7 Å². The van der Waals surface area contributed by atoms with Crippen LogP contribution in [-0.2, 0) is 10.9 Å². The molecule has 0 bridgehead atoms. The molecule has 0 spiro atoms. The number of halogens is 3. The zero-order chi connectivity index (χ0) is 24.3. The van der Waals surface area contributed by atoms with Gasteiger partial charge in [-0.15, -0.1) is 0 Å². The van der Waals surface area contributed by atoms with Gasteiger partial charge in [0, 0.05) is 43.5 Å². The Kier molecular flexibility index (Phi) is 6.64. The molecule has 34 heavy (non-hydrogen) atoms. The van der Waals surface area contributed by atoms with Gasteiger partial charge in [-0.05, 0) is 12.1 Å². The Bertz CT molecular complexity index is 1200. The largest absolute Gasteiger partial charge is 0.451 e. The van der Waals surface area contributed by atoms with Gasteiger partial charge >= 0.3 is 6.18 Å². The van der Waals surface area contributed by atoms with Crippen LogP contribution in [0.2, 0.25) is 0 Å². The molecule has 2 aromatic heterocycles. The second-order valence-corrected chi connectivity index (χ2v) is 7.35. The Balaban J connectivity index is 1.75. The summed E-state index contributed by atoms with van der Waals surface area (Å²) in [5.41, 5.74) is 6.45. The van der Waals surface area contributed by atoms with Gasteiger partial charge < -0.3 is 25.2 Å². The number of nitrogens with zero attached hydrogens (tertiary/aromatic N) is 6. The minimum absolute atomic E-state index is 0.0199. The van der Waals surface area contributed by atoms with E-state index in [0.29, 0.717) is 37.6 Å². The molecule has 0 saturated carbocycles. The molecular weight excluding hydrogens is 455 g/mol. The van der Waals surface area contributed by atoms with Crippen LogP contribution in [0.4, 0.5) is 19.0 Å². The summed E-state index contributed by atoms with van der Waals surface area (Å²) < 4.78 is 52.9. The molecule has 0 aliphatic carbocycles. The zero-order valence-electron chi connectivity index (χ0n) is 17.7. The van der Waals surface area contributed by atoms with Crippen molar-refractivity contribution in [2.75, 3.05) is 37.7 Å². The fourth-order valence-corrected chi connectivity index (χ4v) is 3.29. The number of hydrogen-bond donors (Lipinski definition) is 2. The summed E-state index contributed by atoms with van der Waals surface area (Å²) in [5, 5.41) is 23.4. The second-order valence-electron chi connectivity index (χ2n) is 7.35. The molecule has 13 heteroatoms. The normalized spacial score (nSPS) is 15.1. The fraction of sp³-hybridized carbons (Fsp3) is 0.333. The SMILES string of the molecule is N#Cc1ccc(-n2cc(C(O)CN)cn2)c(Oc2cc(N3CCOCC3)nc(C(F)(F)F)n2)c1. The number of nitrogens with two attached hydrogens (primary N) is 1. The van der Waals surface area contributed by atoms with E-state index in [1.165, 1.54) is 41.3 Å². The number of alkyl halides is 3. The highest BCUT2D eigenvalue weighted by molar-refractivity contribution is 5.53. The average molecular weight is 475 g/mol. The standard InChI is InChI=1S/C21H20F3N7O3/c22-21(23,24)20-28-18(30-3-5-33-6-4-30)8-19(29-20)34-17-7-13(9-25)1-2-15(17)31-12-14(11-27-31)16(32)10-26/h1-2,7-8,11-12,16,32H,3-6,10,26H2. The maximum atomic E-state index is 13.5. The highest BCUT2D eigenvalue weighted by Gasteiger charge is 2.36. The molecule has 3 heterocycles. The quantitative estimate of drug-likeness (QED) is 0.550. The van der Waals surface area contributed by atoms with E-state index >= 15 is 0 Å². The molecule has 1 atom stereocenters. The molecule has 1 unspecified atom stereocenters. The van der Waals surface area contributed by atoms with Crippen molar-refractivity contribution < 1.29 is 27.8 Å². The number of aliphatic hydroxyl groups excluding tert-OH is 1. The van der Waals surface area contributed by atoms with Gasteiger partial charge in [0.15, 0.2) is 5.75 Å². The Hall–Kier alpha value is -3.73. The number of aliphatic hydroxyl groups is 1. The van der Waals surface area contributed by atoms with Crippen molar-refractivity contribution in [2.45, 2.75) is 12.3 Å². The van der Waals surface area contributed by atoms with Crippen LogP contribution in [0.5, 0.6) is 11.6 Å². The third kappa shape index (κ3) is 5.09. The van der Waals surface area contributed by atoms with Gasteiger partial charge in [-0.3, -0.25) is 0 Å². The number of benzene rings is 1. The molecule has 10 nitrogen and oxygen atoms in total. The maximum Gasteiger partial charge on any atom is 0.451 e. The van der Waals surface area contributed by atoms with Crippen LogP contribution < -0.4 is 15.4 Å². The third-order valence-electron chi connectivity index (χ3n) is 5.04. The maximum absolute atomic E-state index is 13.5. The number of rotatable bonds is 6. The summed E-state index contributed by atoms with van der Waals surface area (Å²) in [6.07, 6.45) is -2.83. The molecule has 0 radical (unpaired) electrons. The van der Waals surface area contributed by atoms with Crippen molar-refractivity contribution in [3.63, 3.8) is 0 Å². The van der Waals surface area contributed by atoms with Crippen molar-refractivity contribution >= 4 is 5.82 Å². The predicted molar refractivity (Wildman–Crippen MR) is 112 cm³/mol. The molecule has 3 N–H and O–H groups in total. The highest BCUT2D eigenvalue weighted by atomic mass is 19.4. The lowest BCUT2D eigenvalue weighted by molar-refractivity contribution is -0.145. The van der Waals surface area contributed by atoms with Crippen molar-refractivity contribution in [3.05, 3.63) is 53.6 Å². The summed E-state index contributed by atoms with van der Waals surface area (Å²) in [7, 11) is 0. The van der Waals surface area contributed by atoms with Crippen LogP contribution in [0, 0.1) is 11.3 Å². The number of ether oxygens (including phenoxy) is 2. The van der Waals surface area contributed by atoms with Crippen molar-refractivity contribution in [3.8, 4) is 23.4 Å². The molecule has 1 aliphatic heterocycles. The second kappa shape index (κ2) is 9.64. The van der Waals surface area contributed by atoms with E-state index in [1.54, 1.807) is 4.90 Å². The molecule has 1 aliphatic rings. The fourth-order valence-electron chi connectivity index (χ4n) is 3.29. The average Bonchev–Trinajstić information content (AvgIpc) is 3.33. The Morgan fingerprint density at radius 1 is 1.24 bits per heavy atom. The van der Waals surface area contributed by atoms with Gasteiger partial charge in [0.05, 0.1) is 37.1 Å². The Morgan fingerprint density at radius 3 is 2.68 bits per heavy atom. The van der Waals surface area contributed by atoms with Crippen molar-refractivity contribution in [1.29, 1.82) is 5.26 Å². The van der Waals surface area contributed by atoms with E-state index in [4.69, 9.17) is 15.2 Å². The van der Waals surface area contributed by atoms with Gasteiger partial charge in [0.2, 0.25) is 11.7 Å². The minimum Gasteiger partial charge on any atom is -0.437 e. The molecule has 178 valence electrons. The van der Waals surface area contributed by atoms with Crippen molar-refractivity contribution in [2.24, 2.45) is 5.73 Å². The van der Waals surface area contributed by atoms with E-state index < -0.39 is 18.1 Å². The van der Waals surface area contributed by atoms with E-state index in [1.807, 2.05) is 6.07 Å². The lowest BCUT2D eigenvalue weighted by Crippen LogP contribution is -2.37. The number of morpholine rings is 1. The number of anilines is 1. The zero-order valence-corrected chi connectivity index (χ0v) is 17.7. The first-order valence-corrected chi connectivity index (χ1v) is 10.2. The van der Waals surface area contributed by atoms with Crippen LogP contribution >= 0.6 is 0 Å². The first-order chi connectivity index (χ1) is 16.3. The van der Waals surface area contributed by atoms with Gasteiger partial charge in [-0.2, -0.15) is 28.5 Å². The first-order valence-electron chi connectivity index (χ1n) is 10.2. The number of nitriles is 1. The lowest BCUT2D eigenvalue weighted by atomic mass is 10.2. The van der Waals surface area contributed by atoms with Crippen LogP contribution in [0.1, 0.15) is 23.1 Å². The number of hydrogen-bond acceptors (Lipinski definition) is 9. The molecule has 1 aromatic carbocycles. The molecule has 1 saturated heterocycles. The number of aromatic nitrogens is 4. The lowest BCUT2D eigenvalue weighted by Gasteiger charge is -2.28. The highest BCUT2D eigenvalue weighted by Crippen LogP contribution is 2.34. The van der Waals surface area contributed by atoms with Crippen LogP contribution in [0.15, 0.2) is 36.7 Å². The third-order valence-corrected chi connectivity index (χ3v) is 5.04. The minimum atomic E-state index is -4.80. The molecule has 3 aromatic rings. The van der Waals surface area contributed by atoms with Gasteiger partial charge in [0.25, 0.3) is 0 Å². The molecule has 4 rings (SSSR count). The van der Waals surface area contributed by atoms with Crippen LogP contribution in [0.3, 0.4) is 0 Å². The topological polar surface area (TPSA) is 135 Å². The van der Waals surface area contributed by atoms with Gasteiger partial charge in [-0.1, -0.05) is 0 Å². The summed E-state index contributed by atoms with van der Waals surface area (Å²) in [6.45, 7) is 1.41. The van der Waals surface area contributed by atoms with E-state index in [9.17, 15) is 23.5 Å². The van der Waals surface area contributed by atoms with Crippen molar-refractivity contribution in [1.82, 2.24) is 19.7 Å². The van der Waals surface area contributed by atoms with Gasteiger partial charge in [0.1, 0.15) is 11.5 Å². The Morgan fingerprint density at radius 2 is 2.00 bits per heavy atom. The van der Waals surface area contributed by atoms with E-state index in [0.717, 1.165) is 0 Å². The summed E-state index contributed by atoms with van der Waals surface area (Å²) in [5.74, 6) is -1.62. The van der Waals surface area contributed by atoms with E-state index in [-0.39, 0.29) is 29.6 Å².